The number of likely N-dealkylation sites (tertiary alicyclic amines) is 1. The summed E-state index contributed by atoms with van der Waals surface area (Å²) < 4.78 is 1.95. The predicted molar refractivity (Wildman–Crippen MR) is 104 cm³/mol. The van der Waals surface area contributed by atoms with Crippen molar-refractivity contribution in [2.45, 2.75) is 25.9 Å². The lowest BCUT2D eigenvalue weighted by Gasteiger charge is -2.32. The zero-order chi connectivity index (χ0) is 18.8. The van der Waals surface area contributed by atoms with Crippen LogP contribution in [0.2, 0.25) is 0 Å². The lowest BCUT2D eigenvalue weighted by molar-refractivity contribution is 0.0681. The number of aromatic amines is 1. The predicted octanol–water partition coefficient (Wildman–Crippen LogP) is 2.37. The van der Waals surface area contributed by atoms with Gasteiger partial charge >= 0.3 is 0 Å². The van der Waals surface area contributed by atoms with Gasteiger partial charge < -0.3 is 14.8 Å². The molecular formula is C20H26N6O. The van der Waals surface area contributed by atoms with Gasteiger partial charge in [-0.25, -0.2) is 0 Å². The maximum atomic E-state index is 12.8. The first kappa shape index (κ1) is 17.7. The molecule has 1 aliphatic rings. The molecule has 0 radical (unpaired) electrons. The van der Waals surface area contributed by atoms with Gasteiger partial charge in [0, 0.05) is 55.0 Å². The summed E-state index contributed by atoms with van der Waals surface area (Å²) in [6, 6.07) is 7.86. The topological polar surface area (TPSA) is 70.0 Å². The lowest BCUT2D eigenvalue weighted by atomic mass is 9.96. The Morgan fingerprint density at radius 1 is 1.26 bits per heavy atom. The summed E-state index contributed by atoms with van der Waals surface area (Å²) in [4.78, 5) is 20.0. The summed E-state index contributed by atoms with van der Waals surface area (Å²) in [7, 11) is 4.05. The van der Waals surface area contributed by atoms with Crippen LogP contribution in [0.5, 0.6) is 0 Å². The number of carbonyl (C=O) groups excluding carboxylic acids is 1. The molecule has 1 aromatic carbocycles. The minimum Gasteiger partial charge on any atom is -0.361 e. The van der Waals surface area contributed by atoms with E-state index in [4.69, 9.17) is 0 Å². The van der Waals surface area contributed by atoms with Crippen LogP contribution in [0, 0.1) is 5.92 Å². The summed E-state index contributed by atoms with van der Waals surface area (Å²) in [6.45, 7) is 3.28. The molecule has 0 bridgehead atoms. The van der Waals surface area contributed by atoms with Crippen LogP contribution in [0.25, 0.3) is 10.9 Å². The first-order valence-electron chi connectivity index (χ1n) is 9.48. The maximum absolute atomic E-state index is 12.8. The second kappa shape index (κ2) is 7.52. The molecule has 0 spiro atoms. The van der Waals surface area contributed by atoms with E-state index in [0.717, 1.165) is 61.2 Å². The van der Waals surface area contributed by atoms with Gasteiger partial charge in [0.05, 0.1) is 5.69 Å². The minimum absolute atomic E-state index is 0.130. The van der Waals surface area contributed by atoms with Crippen LogP contribution in [0.3, 0.4) is 0 Å². The zero-order valence-corrected chi connectivity index (χ0v) is 15.9. The van der Waals surface area contributed by atoms with Crippen LogP contribution in [-0.4, -0.2) is 62.9 Å². The normalized spacial score (nSPS) is 15.7. The van der Waals surface area contributed by atoms with Gasteiger partial charge in [0.2, 0.25) is 0 Å². The number of H-pyrrole nitrogens is 1. The van der Waals surface area contributed by atoms with Crippen LogP contribution in [0.4, 0.5) is 0 Å². The summed E-state index contributed by atoms with van der Waals surface area (Å²) in [5.41, 5.74) is 2.82. The molecule has 1 fully saturated rings. The highest BCUT2D eigenvalue weighted by molar-refractivity contribution is 5.98. The highest BCUT2D eigenvalue weighted by atomic mass is 16.2. The van der Waals surface area contributed by atoms with E-state index < -0.39 is 0 Å². The molecule has 1 aliphatic heterocycles. The molecule has 1 amide bonds. The Morgan fingerprint density at radius 2 is 2.07 bits per heavy atom. The standard InChI is InChI=1S/C20H26N6O/c1-24(2)13-18-14-26(23-22-18)12-15-6-9-25(10-7-15)20(27)17-3-4-19-16(11-17)5-8-21-19/h3-5,8,11,14-15,21H,6-7,9-10,12-13H2,1-2H3. The van der Waals surface area contributed by atoms with Gasteiger partial charge in [0.15, 0.2) is 0 Å². The number of carbonyl (C=O) groups is 1. The van der Waals surface area contributed by atoms with E-state index in [9.17, 15) is 4.79 Å². The van der Waals surface area contributed by atoms with Crippen molar-refractivity contribution in [3.63, 3.8) is 0 Å². The third kappa shape index (κ3) is 4.03. The first-order valence-corrected chi connectivity index (χ1v) is 9.48. The molecule has 0 unspecified atom stereocenters. The van der Waals surface area contributed by atoms with E-state index in [1.54, 1.807) is 0 Å². The third-order valence-electron chi connectivity index (χ3n) is 5.21. The van der Waals surface area contributed by atoms with Crippen molar-refractivity contribution < 1.29 is 4.79 Å². The van der Waals surface area contributed by atoms with Crippen LogP contribution in [-0.2, 0) is 13.1 Å². The number of nitrogens with zero attached hydrogens (tertiary/aromatic N) is 5. The summed E-state index contributed by atoms with van der Waals surface area (Å²) in [5.74, 6) is 0.667. The second-order valence-corrected chi connectivity index (χ2v) is 7.68. The fraction of sp³-hybridized carbons (Fsp3) is 0.450. The first-order chi connectivity index (χ1) is 13.1. The van der Waals surface area contributed by atoms with Gasteiger partial charge in [-0.3, -0.25) is 9.48 Å². The molecule has 1 saturated heterocycles. The van der Waals surface area contributed by atoms with Crippen molar-refractivity contribution in [1.82, 2.24) is 29.8 Å². The van der Waals surface area contributed by atoms with Gasteiger partial charge in [0.1, 0.15) is 0 Å². The van der Waals surface area contributed by atoms with Crippen molar-refractivity contribution in [1.29, 1.82) is 0 Å². The van der Waals surface area contributed by atoms with Gasteiger partial charge in [-0.05, 0) is 57.1 Å². The van der Waals surface area contributed by atoms with Gasteiger partial charge in [-0.15, -0.1) is 5.10 Å². The number of rotatable bonds is 5. The Bertz CT molecular complexity index is 919. The molecule has 3 aromatic rings. The lowest BCUT2D eigenvalue weighted by Crippen LogP contribution is -2.39. The quantitative estimate of drug-likeness (QED) is 0.753. The Balaban J connectivity index is 1.33. The Kier molecular flexibility index (Phi) is 4.94. The average Bonchev–Trinajstić information content (AvgIpc) is 3.30. The molecule has 2 aromatic heterocycles. The van der Waals surface area contributed by atoms with Crippen molar-refractivity contribution >= 4 is 16.8 Å². The molecule has 0 atom stereocenters. The van der Waals surface area contributed by atoms with E-state index in [1.807, 2.05) is 60.3 Å². The van der Waals surface area contributed by atoms with Crippen LogP contribution < -0.4 is 0 Å². The fourth-order valence-corrected chi connectivity index (χ4v) is 3.78. The molecule has 142 valence electrons. The van der Waals surface area contributed by atoms with Crippen molar-refractivity contribution in [3.8, 4) is 0 Å². The number of benzene rings is 1. The Morgan fingerprint density at radius 3 is 2.85 bits per heavy atom. The van der Waals surface area contributed by atoms with Crippen molar-refractivity contribution in [2.75, 3.05) is 27.2 Å². The van der Waals surface area contributed by atoms with Crippen LogP contribution >= 0.6 is 0 Å². The van der Waals surface area contributed by atoms with Gasteiger partial charge in [0.25, 0.3) is 5.91 Å². The summed E-state index contributed by atoms with van der Waals surface area (Å²) in [6.07, 6.45) is 5.93. The molecule has 4 rings (SSSR count). The number of aromatic nitrogens is 4. The molecule has 3 heterocycles. The third-order valence-corrected chi connectivity index (χ3v) is 5.21. The number of amides is 1. The molecule has 0 aliphatic carbocycles. The van der Waals surface area contributed by atoms with E-state index in [-0.39, 0.29) is 5.91 Å². The summed E-state index contributed by atoms with van der Waals surface area (Å²) in [5, 5.41) is 9.55. The van der Waals surface area contributed by atoms with Gasteiger partial charge in [-0.1, -0.05) is 5.21 Å². The Hall–Kier alpha value is -2.67. The minimum atomic E-state index is 0.130. The second-order valence-electron chi connectivity index (χ2n) is 7.68. The number of hydrogen-bond acceptors (Lipinski definition) is 4. The molecule has 27 heavy (non-hydrogen) atoms. The molecule has 7 nitrogen and oxygen atoms in total. The van der Waals surface area contributed by atoms with Crippen molar-refractivity contribution in [3.05, 3.63) is 47.9 Å². The SMILES string of the molecule is CN(C)Cc1cn(CC2CCN(C(=O)c3ccc4[nH]ccc4c3)CC2)nn1. The summed E-state index contributed by atoms with van der Waals surface area (Å²) >= 11 is 0. The monoisotopic (exact) mass is 366 g/mol. The largest absolute Gasteiger partial charge is 0.361 e. The highest BCUT2D eigenvalue weighted by Crippen LogP contribution is 2.22. The number of nitrogens with one attached hydrogen (secondary N) is 1. The van der Waals surface area contributed by atoms with E-state index in [2.05, 4.69) is 20.2 Å². The van der Waals surface area contributed by atoms with E-state index in [0.29, 0.717) is 5.92 Å². The molecule has 1 N–H and O–H groups in total. The molecule has 7 heteroatoms. The highest BCUT2D eigenvalue weighted by Gasteiger charge is 2.24. The fourth-order valence-electron chi connectivity index (χ4n) is 3.78. The number of hydrogen-bond donors (Lipinski definition) is 1. The smallest absolute Gasteiger partial charge is 0.253 e. The molecule has 0 saturated carbocycles. The number of fused-ring (bicyclic) bond motifs is 1. The van der Waals surface area contributed by atoms with Gasteiger partial charge in [-0.2, -0.15) is 0 Å². The zero-order valence-electron chi connectivity index (χ0n) is 15.9. The number of piperidine rings is 1. The average molecular weight is 366 g/mol. The maximum Gasteiger partial charge on any atom is 0.253 e. The Labute approximate surface area is 158 Å². The van der Waals surface area contributed by atoms with Crippen LogP contribution in [0.1, 0.15) is 28.9 Å². The van der Waals surface area contributed by atoms with E-state index >= 15 is 0 Å². The van der Waals surface area contributed by atoms with E-state index in [1.165, 1.54) is 0 Å². The molecular weight excluding hydrogens is 340 g/mol. The van der Waals surface area contributed by atoms with Crippen LogP contribution in [0.15, 0.2) is 36.7 Å². The van der Waals surface area contributed by atoms with Crippen molar-refractivity contribution in [2.24, 2.45) is 5.92 Å².